The number of aryl methyl sites for hydroxylation is 2. The van der Waals surface area contributed by atoms with Crippen LogP contribution in [-0.2, 0) is 16.0 Å². The van der Waals surface area contributed by atoms with E-state index in [1.807, 2.05) is 82.7 Å². The number of piperidine rings is 1. The van der Waals surface area contributed by atoms with Crippen molar-refractivity contribution in [3.05, 3.63) is 88.3 Å². The minimum atomic E-state index is -0.798. The summed E-state index contributed by atoms with van der Waals surface area (Å²) < 4.78 is 1.65. The average molecular weight is 812 g/mol. The molecule has 312 valence electrons. The summed E-state index contributed by atoms with van der Waals surface area (Å²) in [5.74, 6) is -0.141. The molecule has 0 saturated carbocycles. The van der Waals surface area contributed by atoms with E-state index < -0.39 is 23.6 Å². The molecule has 0 aliphatic carbocycles. The van der Waals surface area contributed by atoms with E-state index >= 15 is 0 Å². The van der Waals surface area contributed by atoms with Gasteiger partial charge in [0, 0.05) is 31.3 Å². The largest absolute Gasteiger partial charge is 0.391 e. The third-order valence-electron chi connectivity index (χ3n) is 11.5. The summed E-state index contributed by atoms with van der Waals surface area (Å²) >= 11 is 1.60. The van der Waals surface area contributed by atoms with Crippen LogP contribution in [0.4, 0.5) is 0 Å². The predicted octanol–water partition coefficient (Wildman–Crippen LogP) is 5.98. The van der Waals surface area contributed by atoms with Crippen LogP contribution in [0.2, 0.25) is 0 Å². The molecule has 4 N–H and O–H groups in total. The summed E-state index contributed by atoms with van der Waals surface area (Å²) in [4.78, 5) is 49.9. The maximum absolute atomic E-state index is 14.3. The van der Waals surface area contributed by atoms with Gasteiger partial charge in [-0.15, -0.1) is 16.4 Å². The molecule has 3 amide bonds. The molecular formula is C44H61N9O4S. The van der Waals surface area contributed by atoms with E-state index in [0.717, 1.165) is 92.1 Å². The van der Waals surface area contributed by atoms with Gasteiger partial charge in [0.25, 0.3) is 5.91 Å². The molecule has 2 aliphatic rings. The average Bonchev–Trinajstić information content (AvgIpc) is 3.96. The number of β-amino-alcohol motifs (C(OH)–C–C–N with tert-alkyl or cyclic N) is 1. The van der Waals surface area contributed by atoms with Crippen LogP contribution in [0.5, 0.6) is 0 Å². The van der Waals surface area contributed by atoms with Gasteiger partial charge in [0.05, 0.1) is 33.9 Å². The molecule has 2 aromatic carbocycles. The number of amides is 3. The number of rotatable bonds is 16. The standard InChI is InChI=1S/C44H61N9O4S/c1-7-21-46-49-41(55)35-17-13-32(14-18-35)33-19-23-51(24-20-33)22-9-8-10-36-26-53(50-48-36)40(44(4,5)6)43(57)52-27-37(54)25-38(52)42(56)47-29(2)31-11-15-34(16-12-31)39-30(3)45-28-58-39/h11-18,26,28-29,33,37-38,40,46,54H,7-10,19-25,27H2,1-6H3,(H,47,56)(H,49,55)/t29-,37+,38-,40+/m0/s1. The van der Waals surface area contributed by atoms with Crippen molar-refractivity contribution in [3.8, 4) is 10.4 Å². The molecule has 4 aromatic rings. The zero-order valence-corrected chi connectivity index (χ0v) is 35.7. The first-order valence-corrected chi connectivity index (χ1v) is 21.8. The molecule has 2 aliphatic heterocycles. The number of thiazole rings is 1. The number of nitrogens with zero attached hydrogens (tertiary/aromatic N) is 6. The van der Waals surface area contributed by atoms with Crippen LogP contribution in [-0.4, -0.2) is 97.5 Å². The molecule has 2 saturated heterocycles. The highest BCUT2D eigenvalue weighted by Gasteiger charge is 2.45. The van der Waals surface area contributed by atoms with Crippen LogP contribution in [0.25, 0.3) is 10.4 Å². The van der Waals surface area contributed by atoms with Gasteiger partial charge in [-0.2, -0.15) is 0 Å². The summed E-state index contributed by atoms with van der Waals surface area (Å²) in [6.07, 6.45) is 7.14. The minimum absolute atomic E-state index is 0.0850. The lowest BCUT2D eigenvalue weighted by Crippen LogP contribution is -2.50. The second-order valence-electron chi connectivity index (χ2n) is 17.0. The Balaban J connectivity index is 0.979. The number of aliphatic hydroxyl groups excluding tert-OH is 1. The van der Waals surface area contributed by atoms with Crippen molar-refractivity contribution in [2.75, 3.05) is 32.7 Å². The number of hydrogen-bond acceptors (Lipinski definition) is 10. The predicted molar refractivity (Wildman–Crippen MR) is 227 cm³/mol. The molecule has 58 heavy (non-hydrogen) atoms. The molecule has 0 bridgehead atoms. The number of nitrogens with one attached hydrogen (secondary N) is 3. The van der Waals surface area contributed by atoms with Crippen molar-refractivity contribution >= 4 is 29.1 Å². The fourth-order valence-electron chi connectivity index (χ4n) is 8.17. The van der Waals surface area contributed by atoms with Gasteiger partial charge in [0.2, 0.25) is 11.8 Å². The van der Waals surface area contributed by atoms with Crippen LogP contribution in [0.15, 0.2) is 60.2 Å². The van der Waals surface area contributed by atoms with Gasteiger partial charge in [-0.05, 0) is 112 Å². The number of carbonyl (C=O) groups is 3. The van der Waals surface area contributed by atoms with Gasteiger partial charge in [0.15, 0.2) is 0 Å². The van der Waals surface area contributed by atoms with Crippen LogP contribution >= 0.6 is 11.3 Å². The lowest BCUT2D eigenvalue weighted by molar-refractivity contribution is -0.144. The Labute approximate surface area is 347 Å². The van der Waals surface area contributed by atoms with Crippen LogP contribution in [0.1, 0.15) is 124 Å². The number of aliphatic hydroxyl groups is 1. The number of likely N-dealkylation sites (tertiary alicyclic amines) is 2. The van der Waals surface area contributed by atoms with E-state index in [0.29, 0.717) is 11.5 Å². The summed E-state index contributed by atoms with van der Waals surface area (Å²) in [5, 5.41) is 22.7. The summed E-state index contributed by atoms with van der Waals surface area (Å²) in [6.45, 7) is 15.9. The van der Waals surface area contributed by atoms with Crippen LogP contribution in [0, 0.1) is 12.3 Å². The van der Waals surface area contributed by atoms with E-state index in [4.69, 9.17) is 0 Å². The van der Waals surface area contributed by atoms with Crippen molar-refractivity contribution in [1.29, 1.82) is 0 Å². The third-order valence-corrected chi connectivity index (χ3v) is 12.5. The van der Waals surface area contributed by atoms with E-state index in [9.17, 15) is 19.5 Å². The van der Waals surface area contributed by atoms with E-state index in [2.05, 4.69) is 55.4 Å². The third kappa shape index (κ3) is 10.8. The summed E-state index contributed by atoms with van der Waals surface area (Å²) in [7, 11) is 0. The Bertz CT molecular complexity index is 1960. The molecule has 4 heterocycles. The van der Waals surface area contributed by atoms with Gasteiger partial charge >= 0.3 is 0 Å². The molecule has 4 atom stereocenters. The van der Waals surface area contributed by atoms with Crippen LogP contribution in [0.3, 0.4) is 0 Å². The quantitative estimate of drug-likeness (QED) is 0.0790. The maximum Gasteiger partial charge on any atom is 0.265 e. The number of unbranched alkanes of at least 4 members (excludes halogenated alkanes) is 1. The first kappa shape index (κ1) is 43.1. The highest BCUT2D eigenvalue weighted by Crippen LogP contribution is 2.35. The minimum Gasteiger partial charge on any atom is -0.391 e. The maximum atomic E-state index is 14.3. The van der Waals surface area contributed by atoms with Gasteiger partial charge in [-0.1, -0.05) is 69.3 Å². The summed E-state index contributed by atoms with van der Waals surface area (Å²) in [5.41, 5.74) is 12.8. The van der Waals surface area contributed by atoms with E-state index in [-0.39, 0.29) is 36.7 Å². The van der Waals surface area contributed by atoms with E-state index in [1.54, 1.807) is 16.0 Å². The zero-order chi connectivity index (χ0) is 41.4. The molecule has 2 fully saturated rings. The SMILES string of the molecule is CCCNNC(=O)c1ccc(C2CCN(CCCCc3cn([C@H](C(=O)N4C[C@H](O)C[C@H]4C(=O)N[C@@H](C)c4ccc(-c5scnc5C)cc4)C(C)(C)C)nn3)CC2)cc1. The first-order chi connectivity index (χ1) is 27.8. The second kappa shape index (κ2) is 19.5. The fraction of sp³-hybridized carbons (Fsp3) is 0.545. The highest BCUT2D eigenvalue weighted by molar-refractivity contribution is 7.13. The zero-order valence-electron chi connectivity index (χ0n) is 34.9. The Morgan fingerprint density at radius 2 is 1.74 bits per heavy atom. The Hall–Kier alpha value is -4.50. The molecule has 0 unspecified atom stereocenters. The van der Waals surface area contributed by atoms with Gasteiger partial charge in [-0.3, -0.25) is 19.8 Å². The second-order valence-corrected chi connectivity index (χ2v) is 17.9. The Morgan fingerprint density at radius 3 is 2.40 bits per heavy atom. The molecule has 6 rings (SSSR count). The molecule has 2 aromatic heterocycles. The van der Waals surface area contributed by atoms with Crippen molar-refractivity contribution in [3.63, 3.8) is 0 Å². The van der Waals surface area contributed by atoms with Crippen molar-refractivity contribution in [1.82, 2.24) is 45.9 Å². The van der Waals surface area contributed by atoms with E-state index in [1.165, 1.54) is 10.5 Å². The van der Waals surface area contributed by atoms with Crippen LogP contribution < -0.4 is 16.2 Å². The number of aromatic nitrogens is 4. The number of hydrogen-bond donors (Lipinski definition) is 4. The lowest BCUT2D eigenvalue weighted by Gasteiger charge is -2.34. The molecule has 13 nitrogen and oxygen atoms in total. The van der Waals surface area contributed by atoms with Gasteiger partial charge in [0.1, 0.15) is 12.1 Å². The van der Waals surface area contributed by atoms with Gasteiger partial charge < -0.3 is 20.2 Å². The monoisotopic (exact) mass is 811 g/mol. The van der Waals surface area contributed by atoms with Crippen molar-refractivity contribution in [2.24, 2.45) is 5.41 Å². The highest BCUT2D eigenvalue weighted by atomic mass is 32.1. The van der Waals surface area contributed by atoms with Gasteiger partial charge in [-0.25, -0.2) is 15.1 Å². The first-order valence-electron chi connectivity index (χ1n) is 20.9. The fourth-order valence-corrected chi connectivity index (χ4v) is 8.98. The molecule has 0 radical (unpaired) electrons. The Kier molecular flexibility index (Phi) is 14.5. The molecule has 0 spiro atoms. The lowest BCUT2D eigenvalue weighted by atomic mass is 9.85. The smallest absolute Gasteiger partial charge is 0.265 e. The number of carbonyl (C=O) groups excluding carboxylic acids is 3. The summed E-state index contributed by atoms with van der Waals surface area (Å²) in [6, 6.07) is 14.3. The molecule has 14 heteroatoms. The number of hydrazine groups is 1. The Morgan fingerprint density at radius 1 is 1.02 bits per heavy atom. The normalized spacial score (nSPS) is 18.9. The molecular weight excluding hydrogens is 751 g/mol. The van der Waals surface area contributed by atoms with Crippen molar-refractivity contribution < 1.29 is 19.5 Å². The topological polar surface area (TPSA) is 158 Å². The number of benzene rings is 2. The van der Waals surface area contributed by atoms with Crippen molar-refractivity contribution in [2.45, 2.75) is 117 Å².